The van der Waals surface area contributed by atoms with Crippen molar-refractivity contribution in [3.05, 3.63) is 71.4 Å². The van der Waals surface area contributed by atoms with E-state index < -0.39 is 0 Å². The lowest BCUT2D eigenvalue weighted by molar-refractivity contribution is 0.0624. The first-order valence-corrected chi connectivity index (χ1v) is 10.3. The molecule has 2 heterocycles. The smallest absolute Gasteiger partial charge is 0.255 e. The average molecular weight is 389 g/mol. The van der Waals surface area contributed by atoms with Gasteiger partial charge in [0.15, 0.2) is 0 Å². The Morgan fingerprint density at radius 2 is 2.00 bits per heavy atom. The lowest BCUT2D eigenvalue weighted by atomic mass is 10.0. The molecule has 1 amide bonds. The van der Waals surface area contributed by atoms with Crippen LogP contribution in [0.4, 0.5) is 0 Å². The van der Waals surface area contributed by atoms with E-state index >= 15 is 0 Å². The zero-order valence-electron chi connectivity index (χ0n) is 17.0. The van der Waals surface area contributed by atoms with Gasteiger partial charge in [-0.25, -0.2) is 4.68 Å². The molecule has 1 fully saturated rings. The van der Waals surface area contributed by atoms with E-state index in [0.29, 0.717) is 17.9 Å². The molecule has 1 unspecified atom stereocenters. The quantitative estimate of drug-likeness (QED) is 0.707. The van der Waals surface area contributed by atoms with Gasteiger partial charge in [0.2, 0.25) is 0 Å². The highest BCUT2D eigenvalue weighted by Crippen LogP contribution is 2.25. The van der Waals surface area contributed by atoms with Gasteiger partial charge in [-0.05, 0) is 43.4 Å². The van der Waals surface area contributed by atoms with E-state index in [1.165, 1.54) is 5.56 Å². The van der Waals surface area contributed by atoms with Crippen LogP contribution in [0.2, 0.25) is 0 Å². The third kappa shape index (κ3) is 4.25. The van der Waals surface area contributed by atoms with E-state index in [2.05, 4.69) is 24.4 Å². The summed E-state index contributed by atoms with van der Waals surface area (Å²) >= 11 is 0. The molecule has 3 aromatic rings. The van der Waals surface area contributed by atoms with Crippen LogP contribution in [0.15, 0.2) is 54.7 Å². The standard InChI is InChI=1S/C24H27N3O2/c1-3-18-10-12-19(13-11-18)23-21(24(28)25-20-8-6-14-29-16-20)15-27(26-23)22-9-5-4-7-17(22)2/h4-5,7,9-13,15,20H,3,6,8,14,16H2,1-2H3,(H,25,28). The molecule has 0 aliphatic carbocycles. The van der Waals surface area contributed by atoms with Crippen molar-refractivity contribution in [2.75, 3.05) is 13.2 Å². The molecule has 0 saturated carbocycles. The molecule has 0 spiro atoms. The zero-order valence-corrected chi connectivity index (χ0v) is 17.0. The number of carbonyl (C=O) groups is 1. The van der Waals surface area contributed by atoms with Crippen molar-refractivity contribution in [3.63, 3.8) is 0 Å². The number of nitrogens with one attached hydrogen (secondary N) is 1. The lowest BCUT2D eigenvalue weighted by Gasteiger charge is -2.23. The number of rotatable bonds is 5. The summed E-state index contributed by atoms with van der Waals surface area (Å²) in [5.74, 6) is -0.102. The maximum Gasteiger partial charge on any atom is 0.255 e. The van der Waals surface area contributed by atoms with Gasteiger partial charge in [-0.3, -0.25) is 4.79 Å². The van der Waals surface area contributed by atoms with Crippen LogP contribution in [-0.4, -0.2) is 34.9 Å². The third-order valence-electron chi connectivity index (χ3n) is 5.45. The molecule has 1 aromatic heterocycles. The molecule has 0 bridgehead atoms. The van der Waals surface area contributed by atoms with E-state index in [-0.39, 0.29) is 11.9 Å². The first-order chi connectivity index (χ1) is 14.2. The normalized spacial score (nSPS) is 16.6. The Labute approximate surface area is 171 Å². The number of amides is 1. The molecule has 1 atom stereocenters. The lowest BCUT2D eigenvalue weighted by Crippen LogP contribution is -2.40. The van der Waals surface area contributed by atoms with Gasteiger partial charge in [-0.15, -0.1) is 0 Å². The maximum atomic E-state index is 13.1. The molecule has 5 heteroatoms. The second-order valence-electron chi connectivity index (χ2n) is 7.56. The summed E-state index contributed by atoms with van der Waals surface area (Å²) in [6, 6.07) is 16.4. The number of hydrogen-bond acceptors (Lipinski definition) is 3. The second kappa shape index (κ2) is 8.62. The van der Waals surface area contributed by atoms with E-state index in [4.69, 9.17) is 9.84 Å². The topological polar surface area (TPSA) is 56.2 Å². The first-order valence-electron chi connectivity index (χ1n) is 10.3. The Morgan fingerprint density at radius 1 is 1.21 bits per heavy atom. The number of para-hydroxylation sites is 1. The molecule has 1 aliphatic rings. The number of nitrogens with zero attached hydrogens (tertiary/aromatic N) is 2. The highest BCUT2D eigenvalue weighted by molar-refractivity contribution is 6.00. The molecule has 1 N–H and O–H groups in total. The van der Waals surface area contributed by atoms with E-state index in [0.717, 1.165) is 42.7 Å². The summed E-state index contributed by atoms with van der Waals surface area (Å²) in [4.78, 5) is 13.1. The number of benzene rings is 2. The van der Waals surface area contributed by atoms with E-state index in [1.54, 1.807) is 0 Å². The maximum absolute atomic E-state index is 13.1. The van der Waals surface area contributed by atoms with Crippen molar-refractivity contribution >= 4 is 5.91 Å². The average Bonchev–Trinajstić information content (AvgIpc) is 3.20. The number of aromatic nitrogens is 2. The highest BCUT2D eigenvalue weighted by atomic mass is 16.5. The van der Waals surface area contributed by atoms with Crippen LogP contribution in [0, 0.1) is 6.92 Å². The minimum Gasteiger partial charge on any atom is -0.379 e. The molecule has 2 aromatic carbocycles. The Morgan fingerprint density at radius 3 is 2.69 bits per heavy atom. The molecule has 1 aliphatic heterocycles. The fourth-order valence-electron chi connectivity index (χ4n) is 3.71. The molecule has 150 valence electrons. The molecule has 4 rings (SSSR count). The van der Waals surface area contributed by atoms with Crippen LogP contribution < -0.4 is 5.32 Å². The fraction of sp³-hybridized carbons (Fsp3) is 0.333. The second-order valence-corrected chi connectivity index (χ2v) is 7.56. The summed E-state index contributed by atoms with van der Waals surface area (Å²) in [5.41, 5.74) is 5.57. The largest absolute Gasteiger partial charge is 0.379 e. The van der Waals surface area contributed by atoms with Gasteiger partial charge in [-0.2, -0.15) is 5.10 Å². The van der Waals surface area contributed by atoms with Crippen molar-refractivity contribution in [2.45, 2.75) is 39.2 Å². The summed E-state index contributed by atoms with van der Waals surface area (Å²) in [6.07, 6.45) is 4.73. The Kier molecular flexibility index (Phi) is 5.76. The van der Waals surface area contributed by atoms with Crippen LogP contribution in [0.25, 0.3) is 16.9 Å². The van der Waals surface area contributed by atoms with Crippen LogP contribution in [0.1, 0.15) is 41.3 Å². The minimum atomic E-state index is -0.102. The Balaban J connectivity index is 1.72. The Bertz CT molecular complexity index is 986. The molecular formula is C24H27N3O2. The van der Waals surface area contributed by atoms with Gasteiger partial charge >= 0.3 is 0 Å². The van der Waals surface area contributed by atoms with Crippen molar-refractivity contribution in [3.8, 4) is 16.9 Å². The zero-order chi connectivity index (χ0) is 20.2. The van der Waals surface area contributed by atoms with Crippen molar-refractivity contribution in [1.29, 1.82) is 0 Å². The number of ether oxygens (including phenoxy) is 1. The number of carbonyl (C=O) groups excluding carboxylic acids is 1. The predicted octanol–water partition coefficient (Wildman–Crippen LogP) is 4.32. The van der Waals surface area contributed by atoms with Gasteiger partial charge in [0, 0.05) is 18.4 Å². The number of aryl methyl sites for hydroxylation is 2. The van der Waals surface area contributed by atoms with E-state index in [9.17, 15) is 4.79 Å². The van der Waals surface area contributed by atoms with Crippen molar-refractivity contribution < 1.29 is 9.53 Å². The van der Waals surface area contributed by atoms with Crippen molar-refractivity contribution in [1.82, 2.24) is 15.1 Å². The van der Waals surface area contributed by atoms with Crippen LogP contribution in [0.5, 0.6) is 0 Å². The van der Waals surface area contributed by atoms with Gasteiger partial charge < -0.3 is 10.1 Å². The monoisotopic (exact) mass is 389 g/mol. The van der Waals surface area contributed by atoms with Gasteiger partial charge in [0.05, 0.1) is 23.9 Å². The first kappa shape index (κ1) is 19.4. The molecule has 0 radical (unpaired) electrons. The van der Waals surface area contributed by atoms with Crippen LogP contribution in [0.3, 0.4) is 0 Å². The summed E-state index contributed by atoms with van der Waals surface area (Å²) in [7, 11) is 0. The molecular weight excluding hydrogens is 362 g/mol. The minimum absolute atomic E-state index is 0.0494. The summed E-state index contributed by atoms with van der Waals surface area (Å²) in [6.45, 7) is 5.52. The van der Waals surface area contributed by atoms with Gasteiger partial charge in [0.1, 0.15) is 5.69 Å². The SMILES string of the molecule is CCc1ccc(-c2nn(-c3ccccc3C)cc2C(=O)NC2CCCOC2)cc1. The number of hydrogen-bond donors (Lipinski definition) is 1. The fourth-order valence-corrected chi connectivity index (χ4v) is 3.71. The predicted molar refractivity (Wildman–Crippen MR) is 114 cm³/mol. The van der Waals surface area contributed by atoms with Crippen LogP contribution in [-0.2, 0) is 11.2 Å². The van der Waals surface area contributed by atoms with Crippen LogP contribution >= 0.6 is 0 Å². The summed E-state index contributed by atoms with van der Waals surface area (Å²) < 4.78 is 7.32. The Hall–Kier alpha value is -2.92. The van der Waals surface area contributed by atoms with Crippen molar-refractivity contribution in [2.24, 2.45) is 0 Å². The third-order valence-corrected chi connectivity index (χ3v) is 5.45. The molecule has 29 heavy (non-hydrogen) atoms. The van der Waals surface area contributed by atoms with E-state index in [1.807, 2.05) is 54.2 Å². The molecule has 5 nitrogen and oxygen atoms in total. The van der Waals surface area contributed by atoms with Gasteiger partial charge in [0.25, 0.3) is 5.91 Å². The summed E-state index contributed by atoms with van der Waals surface area (Å²) in [5, 5.41) is 7.94. The van der Waals surface area contributed by atoms with Gasteiger partial charge in [-0.1, -0.05) is 49.4 Å². The highest BCUT2D eigenvalue weighted by Gasteiger charge is 2.23. The molecule has 1 saturated heterocycles.